The average molecular weight is 341 g/mol. The first-order valence-corrected chi connectivity index (χ1v) is 8.14. The fraction of sp³-hybridized carbons (Fsp3) is 0.300. The van der Waals surface area contributed by atoms with E-state index in [0.717, 1.165) is 11.8 Å². The lowest BCUT2D eigenvalue weighted by molar-refractivity contribution is -0.146. The maximum atomic E-state index is 12.6. The third-order valence-corrected chi connectivity index (χ3v) is 4.16. The van der Waals surface area contributed by atoms with Crippen LogP contribution in [0, 0.1) is 0 Å². The molecule has 25 heavy (non-hydrogen) atoms. The van der Waals surface area contributed by atoms with E-state index in [-0.39, 0.29) is 6.61 Å². The number of ether oxygens (including phenoxy) is 2. The molecule has 2 rings (SSSR count). The van der Waals surface area contributed by atoms with Crippen molar-refractivity contribution in [1.29, 1.82) is 0 Å². The number of hydrogen-bond donors (Lipinski definition) is 1. The molecule has 2 aromatic carbocycles. The van der Waals surface area contributed by atoms with E-state index in [1.165, 1.54) is 0 Å². The number of esters is 1. The SMILES string of the molecule is CCOC(=O)[C@@H](Nc1ccc(OC)cc1)[C@@](C)(C=O)c1ccccc1. The smallest absolute Gasteiger partial charge is 0.329 e. The highest BCUT2D eigenvalue weighted by Crippen LogP contribution is 2.29. The minimum Gasteiger partial charge on any atom is -0.497 e. The van der Waals surface area contributed by atoms with E-state index >= 15 is 0 Å². The van der Waals surface area contributed by atoms with E-state index in [4.69, 9.17) is 9.47 Å². The highest BCUT2D eigenvalue weighted by Gasteiger charge is 2.41. The van der Waals surface area contributed by atoms with Crippen molar-refractivity contribution in [3.05, 3.63) is 60.2 Å². The molecule has 2 atom stereocenters. The summed E-state index contributed by atoms with van der Waals surface area (Å²) in [6.45, 7) is 3.71. The highest BCUT2D eigenvalue weighted by atomic mass is 16.5. The molecule has 1 N–H and O–H groups in total. The van der Waals surface area contributed by atoms with Gasteiger partial charge in [0.1, 0.15) is 18.1 Å². The fourth-order valence-corrected chi connectivity index (χ4v) is 2.63. The fourth-order valence-electron chi connectivity index (χ4n) is 2.63. The molecule has 0 aliphatic rings. The second-order valence-electron chi connectivity index (χ2n) is 5.82. The Hall–Kier alpha value is -2.82. The monoisotopic (exact) mass is 341 g/mol. The normalized spacial score (nSPS) is 14.0. The Balaban J connectivity index is 2.39. The van der Waals surface area contributed by atoms with Gasteiger partial charge < -0.3 is 19.6 Å². The van der Waals surface area contributed by atoms with Gasteiger partial charge in [-0.3, -0.25) is 0 Å². The van der Waals surface area contributed by atoms with Crippen molar-refractivity contribution in [3.63, 3.8) is 0 Å². The second-order valence-corrected chi connectivity index (χ2v) is 5.82. The van der Waals surface area contributed by atoms with Crippen molar-refractivity contribution in [1.82, 2.24) is 0 Å². The maximum Gasteiger partial charge on any atom is 0.329 e. The first-order chi connectivity index (χ1) is 12.0. The molecule has 0 radical (unpaired) electrons. The van der Waals surface area contributed by atoms with Crippen LogP contribution in [0.5, 0.6) is 5.75 Å². The predicted octanol–water partition coefficient (Wildman–Crippen LogP) is 3.20. The molecular formula is C20H23NO4. The third-order valence-electron chi connectivity index (χ3n) is 4.16. The molecule has 0 bridgehead atoms. The number of hydrogen-bond acceptors (Lipinski definition) is 5. The van der Waals surface area contributed by atoms with Crippen molar-refractivity contribution in [2.75, 3.05) is 19.0 Å². The molecule has 0 heterocycles. The van der Waals surface area contributed by atoms with Crippen molar-refractivity contribution in [2.24, 2.45) is 0 Å². The number of anilines is 1. The summed E-state index contributed by atoms with van der Waals surface area (Å²) in [7, 11) is 1.59. The summed E-state index contributed by atoms with van der Waals surface area (Å²) >= 11 is 0. The first-order valence-electron chi connectivity index (χ1n) is 8.14. The van der Waals surface area contributed by atoms with E-state index < -0.39 is 17.4 Å². The van der Waals surface area contributed by atoms with Gasteiger partial charge in [-0.15, -0.1) is 0 Å². The van der Waals surface area contributed by atoms with Crippen LogP contribution in [-0.4, -0.2) is 32.0 Å². The largest absolute Gasteiger partial charge is 0.497 e. The number of aldehydes is 1. The predicted molar refractivity (Wildman–Crippen MR) is 96.9 cm³/mol. The van der Waals surface area contributed by atoms with Gasteiger partial charge in [0.25, 0.3) is 0 Å². The number of carbonyl (C=O) groups is 2. The van der Waals surface area contributed by atoms with Crippen molar-refractivity contribution < 1.29 is 19.1 Å². The van der Waals surface area contributed by atoms with Crippen LogP contribution in [0.4, 0.5) is 5.69 Å². The zero-order valence-electron chi connectivity index (χ0n) is 14.7. The standard InChI is InChI=1S/C20H23NO4/c1-4-25-19(23)18(21-16-10-12-17(24-3)13-11-16)20(2,14-22)15-8-6-5-7-9-15/h5-14,18,21H,4H2,1-3H3/t18-,20+/m1/s1. The summed E-state index contributed by atoms with van der Waals surface area (Å²) in [5.74, 6) is 0.233. The van der Waals surface area contributed by atoms with Crippen molar-refractivity contribution >= 4 is 17.9 Å². The van der Waals surface area contributed by atoms with Crippen molar-refractivity contribution in [3.8, 4) is 5.75 Å². The number of methoxy groups -OCH3 is 1. The van der Waals surface area contributed by atoms with Crippen LogP contribution in [0.25, 0.3) is 0 Å². The zero-order chi connectivity index (χ0) is 18.3. The molecule has 2 aromatic rings. The number of benzene rings is 2. The van der Waals surface area contributed by atoms with Gasteiger partial charge in [-0.05, 0) is 43.7 Å². The summed E-state index contributed by atoms with van der Waals surface area (Å²) in [5, 5.41) is 3.14. The number of nitrogens with one attached hydrogen (secondary N) is 1. The quantitative estimate of drug-likeness (QED) is 0.590. The van der Waals surface area contributed by atoms with E-state index in [9.17, 15) is 9.59 Å². The zero-order valence-corrected chi connectivity index (χ0v) is 14.7. The molecule has 5 heteroatoms. The maximum absolute atomic E-state index is 12.6. The van der Waals surface area contributed by atoms with Gasteiger partial charge in [0, 0.05) is 5.69 Å². The summed E-state index contributed by atoms with van der Waals surface area (Å²) in [6, 6.07) is 15.5. The van der Waals surface area contributed by atoms with Crippen LogP contribution in [0.3, 0.4) is 0 Å². The van der Waals surface area contributed by atoms with Crippen molar-refractivity contribution in [2.45, 2.75) is 25.3 Å². The van der Waals surface area contributed by atoms with Crippen LogP contribution < -0.4 is 10.1 Å². The molecule has 0 unspecified atom stereocenters. The molecular weight excluding hydrogens is 318 g/mol. The van der Waals surface area contributed by atoms with Gasteiger partial charge in [-0.2, -0.15) is 0 Å². The van der Waals surface area contributed by atoms with E-state index in [1.54, 1.807) is 45.2 Å². The van der Waals surface area contributed by atoms with E-state index in [0.29, 0.717) is 11.4 Å². The number of rotatable bonds is 8. The lowest BCUT2D eigenvalue weighted by Gasteiger charge is -2.33. The van der Waals surface area contributed by atoms with Crippen LogP contribution in [-0.2, 0) is 19.7 Å². The van der Waals surface area contributed by atoms with Gasteiger partial charge in [0.2, 0.25) is 0 Å². The van der Waals surface area contributed by atoms with Crippen LogP contribution in [0.15, 0.2) is 54.6 Å². The van der Waals surface area contributed by atoms with Gasteiger partial charge in [-0.25, -0.2) is 4.79 Å². The van der Waals surface area contributed by atoms with Gasteiger partial charge in [0.05, 0.1) is 19.1 Å². The molecule has 0 amide bonds. The molecule has 5 nitrogen and oxygen atoms in total. The highest BCUT2D eigenvalue weighted by molar-refractivity contribution is 5.88. The minimum absolute atomic E-state index is 0.239. The van der Waals surface area contributed by atoms with Crippen LogP contribution in [0.1, 0.15) is 19.4 Å². The Bertz CT molecular complexity index is 699. The molecule has 0 saturated carbocycles. The second kappa shape index (κ2) is 8.33. The van der Waals surface area contributed by atoms with Gasteiger partial charge in [0.15, 0.2) is 0 Å². The third kappa shape index (κ3) is 4.18. The summed E-state index contributed by atoms with van der Waals surface area (Å²) in [6.07, 6.45) is 0.792. The minimum atomic E-state index is -1.08. The Kier molecular flexibility index (Phi) is 6.17. The summed E-state index contributed by atoms with van der Waals surface area (Å²) in [4.78, 5) is 24.6. The average Bonchev–Trinajstić information content (AvgIpc) is 2.66. The first kappa shape index (κ1) is 18.5. The Morgan fingerprint density at radius 1 is 1.16 bits per heavy atom. The Morgan fingerprint density at radius 3 is 2.32 bits per heavy atom. The summed E-state index contributed by atoms with van der Waals surface area (Å²) in [5.41, 5.74) is 0.361. The lowest BCUT2D eigenvalue weighted by Crippen LogP contribution is -2.49. The summed E-state index contributed by atoms with van der Waals surface area (Å²) < 4.78 is 10.3. The van der Waals surface area contributed by atoms with Gasteiger partial charge in [-0.1, -0.05) is 30.3 Å². The van der Waals surface area contributed by atoms with E-state index in [1.807, 2.05) is 30.3 Å². The lowest BCUT2D eigenvalue weighted by atomic mass is 9.77. The topological polar surface area (TPSA) is 64.6 Å². The Labute approximate surface area is 148 Å². The van der Waals surface area contributed by atoms with Crippen LogP contribution in [0.2, 0.25) is 0 Å². The molecule has 132 valence electrons. The van der Waals surface area contributed by atoms with E-state index in [2.05, 4.69) is 5.32 Å². The molecule has 0 aromatic heterocycles. The molecule has 0 saturated heterocycles. The van der Waals surface area contributed by atoms with Gasteiger partial charge >= 0.3 is 5.97 Å². The molecule has 0 aliphatic carbocycles. The van der Waals surface area contributed by atoms with Crippen LogP contribution >= 0.6 is 0 Å². The number of carbonyl (C=O) groups excluding carboxylic acids is 2. The molecule has 0 spiro atoms. The Morgan fingerprint density at radius 2 is 1.80 bits per heavy atom. The molecule has 0 fully saturated rings. The molecule has 0 aliphatic heterocycles.